The summed E-state index contributed by atoms with van der Waals surface area (Å²) in [4.78, 5) is 25.3. The van der Waals surface area contributed by atoms with E-state index in [1.54, 1.807) is 0 Å². The van der Waals surface area contributed by atoms with E-state index in [0.29, 0.717) is 23.9 Å². The molecule has 0 aromatic rings. The van der Waals surface area contributed by atoms with Crippen molar-refractivity contribution in [3.05, 3.63) is 36.5 Å². The lowest BCUT2D eigenvalue weighted by Gasteiger charge is -2.30. The largest absolute Gasteiger partial charge is 0.756 e. The number of rotatable bonds is 41. The first-order chi connectivity index (χ1) is 26.5. The Bertz CT molecular complexity index is 995. The van der Waals surface area contributed by atoms with Gasteiger partial charge in [0.1, 0.15) is 13.2 Å². The van der Waals surface area contributed by atoms with Crippen molar-refractivity contribution < 1.29 is 32.9 Å². The minimum atomic E-state index is -4.57. The highest BCUT2D eigenvalue weighted by atomic mass is 31.2. The SMILES string of the molecule is CC/C=C\C/C=C\C/C=C\CCCCCC(=O)NC(COP(=O)([O-])OCC[N+](C)(C)C)C(O)CCCCCCCCCCCCCCCCCCCCCC. The molecule has 0 rings (SSSR count). The van der Waals surface area contributed by atoms with Crippen molar-refractivity contribution in [2.24, 2.45) is 0 Å². The first-order valence-electron chi connectivity index (χ1n) is 22.8. The Kier molecular flexibility index (Phi) is 37.4. The molecular formula is C46H89N2O6P. The van der Waals surface area contributed by atoms with E-state index in [4.69, 9.17) is 9.05 Å². The quantitative estimate of drug-likeness (QED) is 0.0276. The highest BCUT2D eigenvalue weighted by Gasteiger charge is 2.24. The number of carbonyl (C=O) groups excluding carboxylic acids is 1. The first kappa shape index (κ1) is 53.7. The summed E-state index contributed by atoms with van der Waals surface area (Å²) in [5, 5.41) is 13.9. The smallest absolute Gasteiger partial charge is 0.268 e. The molecule has 0 aliphatic rings. The molecule has 0 saturated heterocycles. The minimum absolute atomic E-state index is 0.00575. The topological polar surface area (TPSA) is 108 Å². The van der Waals surface area contributed by atoms with E-state index in [1.807, 2.05) is 21.1 Å². The van der Waals surface area contributed by atoms with Crippen LogP contribution in [-0.2, 0) is 18.4 Å². The van der Waals surface area contributed by atoms with Crippen LogP contribution in [0.2, 0.25) is 0 Å². The molecule has 0 bridgehead atoms. The van der Waals surface area contributed by atoms with E-state index < -0.39 is 20.0 Å². The molecule has 1 amide bonds. The third-order valence-corrected chi connectivity index (χ3v) is 11.1. The van der Waals surface area contributed by atoms with Gasteiger partial charge in [0.2, 0.25) is 5.91 Å². The van der Waals surface area contributed by atoms with Gasteiger partial charge in [-0.2, -0.15) is 0 Å². The summed E-state index contributed by atoms with van der Waals surface area (Å²) in [5.41, 5.74) is 0. The summed E-state index contributed by atoms with van der Waals surface area (Å²) in [5.74, 6) is -0.194. The third kappa shape index (κ3) is 40.7. The fourth-order valence-corrected chi connectivity index (χ4v) is 7.25. The van der Waals surface area contributed by atoms with Crippen LogP contribution in [0, 0.1) is 0 Å². The van der Waals surface area contributed by atoms with Crippen molar-refractivity contribution in [2.75, 3.05) is 40.9 Å². The zero-order valence-electron chi connectivity index (χ0n) is 36.6. The van der Waals surface area contributed by atoms with Crippen molar-refractivity contribution in [3.8, 4) is 0 Å². The molecular weight excluding hydrogens is 707 g/mol. The van der Waals surface area contributed by atoms with Crippen LogP contribution in [0.5, 0.6) is 0 Å². The Hall–Kier alpha value is -1.28. The number of quaternary nitrogens is 1. The summed E-state index contributed by atoms with van der Waals surface area (Å²) in [6.07, 6.45) is 45.8. The van der Waals surface area contributed by atoms with E-state index in [0.717, 1.165) is 64.2 Å². The monoisotopic (exact) mass is 797 g/mol. The lowest BCUT2D eigenvalue weighted by molar-refractivity contribution is -0.870. The molecule has 0 radical (unpaired) electrons. The van der Waals surface area contributed by atoms with Crippen LogP contribution in [0.25, 0.3) is 0 Å². The number of aliphatic hydroxyl groups is 1. The number of hydrogen-bond donors (Lipinski definition) is 2. The molecule has 9 heteroatoms. The lowest BCUT2D eigenvalue weighted by atomic mass is 10.0. The van der Waals surface area contributed by atoms with Gasteiger partial charge in [-0.1, -0.05) is 185 Å². The highest BCUT2D eigenvalue weighted by molar-refractivity contribution is 7.45. The number of phosphoric acid groups is 1. The molecule has 0 aliphatic heterocycles. The maximum atomic E-state index is 12.8. The number of allylic oxidation sites excluding steroid dienone is 6. The molecule has 0 spiro atoms. The number of aliphatic hydroxyl groups excluding tert-OH is 1. The zero-order valence-corrected chi connectivity index (χ0v) is 37.5. The number of unbranched alkanes of at least 4 members (excludes halogenated alkanes) is 22. The molecule has 0 aliphatic carbocycles. The van der Waals surface area contributed by atoms with Crippen LogP contribution >= 0.6 is 7.82 Å². The summed E-state index contributed by atoms with van der Waals surface area (Å²) in [6, 6.07) is -0.814. The van der Waals surface area contributed by atoms with Crippen molar-refractivity contribution in [2.45, 2.75) is 212 Å². The van der Waals surface area contributed by atoms with Gasteiger partial charge in [-0.05, 0) is 44.9 Å². The average Bonchev–Trinajstić information content (AvgIpc) is 3.13. The van der Waals surface area contributed by atoms with E-state index in [9.17, 15) is 19.4 Å². The number of nitrogens with one attached hydrogen (secondary N) is 1. The summed E-state index contributed by atoms with van der Waals surface area (Å²) >= 11 is 0. The number of carbonyl (C=O) groups is 1. The van der Waals surface area contributed by atoms with Gasteiger partial charge in [-0.3, -0.25) is 9.36 Å². The molecule has 3 atom stereocenters. The van der Waals surface area contributed by atoms with Crippen LogP contribution in [0.4, 0.5) is 0 Å². The summed E-state index contributed by atoms with van der Waals surface area (Å²) < 4.78 is 23.2. The molecule has 0 aromatic carbocycles. The number of hydrogen-bond acceptors (Lipinski definition) is 6. The predicted octanol–water partition coefficient (Wildman–Crippen LogP) is 12.1. The number of likely N-dealkylation sites (N-methyl/N-ethyl adjacent to an activating group) is 1. The average molecular weight is 797 g/mol. The Labute approximate surface area is 340 Å². The second-order valence-corrected chi connectivity index (χ2v) is 18.1. The first-order valence-corrected chi connectivity index (χ1v) is 24.3. The van der Waals surface area contributed by atoms with Gasteiger partial charge in [-0.15, -0.1) is 0 Å². The molecule has 8 nitrogen and oxygen atoms in total. The van der Waals surface area contributed by atoms with Crippen LogP contribution in [0.15, 0.2) is 36.5 Å². The molecule has 2 N–H and O–H groups in total. The number of phosphoric ester groups is 1. The van der Waals surface area contributed by atoms with Crippen molar-refractivity contribution in [1.29, 1.82) is 0 Å². The number of nitrogens with zero attached hydrogens (tertiary/aromatic N) is 1. The summed E-state index contributed by atoms with van der Waals surface area (Å²) in [6.45, 7) is 4.58. The Balaban J connectivity index is 4.33. The van der Waals surface area contributed by atoms with Gasteiger partial charge in [0.25, 0.3) is 7.82 Å². The van der Waals surface area contributed by atoms with Gasteiger partial charge in [0.05, 0.1) is 39.9 Å². The summed E-state index contributed by atoms with van der Waals surface area (Å²) in [7, 11) is 1.28. The lowest BCUT2D eigenvalue weighted by Crippen LogP contribution is -2.46. The van der Waals surface area contributed by atoms with Crippen LogP contribution in [0.3, 0.4) is 0 Å². The molecule has 3 unspecified atom stereocenters. The second kappa shape index (κ2) is 38.2. The van der Waals surface area contributed by atoms with Gasteiger partial charge in [-0.25, -0.2) is 0 Å². The maximum Gasteiger partial charge on any atom is 0.268 e. The number of amides is 1. The van der Waals surface area contributed by atoms with E-state index in [-0.39, 0.29) is 19.1 Å². The highest BCUT2D eigenvalue weighted by Crippen LogP contribution is 2.38. The zero-order chi connectivity index (χ0) is 40.7. The van der Waals surface area contributed by atoms with Crippen LogP contribution in [-0.4, -0.2) is 68.5 Å². The maximum absolute atomic E-state index is 12.8. The molecule has 324 valence electrons. The van der Waals surface area contributed by atoms with Gasteiger partial charge in [0.15, 0.2) is 0 Å². The molecule has 0 heterocycles. The standard InChI is InChI=1S/C46H89N2O6P/c1-6-8-10-12-14-16-18-20-21-22-23-24-25-26-28-29-31-33-35-37-39-45(49)44(43-54-55(51,52)53-42-41-48(3,4)5)47-46(50)40-38-36-34-32-30-27-19-17-15-13-11-9-7-2/h9,11,15,17,27,30,44-45,49H,6-8,10,12-14,16,18-26,28-29,31-43H2,1-5H3,(H-,47,50,51,52)/b11-9-,17-15-,30-27-. The fourth-order valence-electron chi connectivity index (χ4n) is 6.52. The Morgan fingerprint density at radius 3 is 1.60 bits per heavy atom. The predicted molar refractivity (Wildman–Crippen MR) is 233 cm³/mol. The van der Waals surface area contributed by atoms with E-state index >= 15 is 0 Å². The molecule has 55 heavy (non-hydrogen) atoms. The molecule has 0 aromatic heterocycles. The Morgan fingerprint density at radius 1 is 0.655 bits per heavy atom. The molecule has 0 fully saturated rings. The molecule has 0 saturated carbocycles. The second-order valence-electron chi connectivity index (χ2n) is 16.7. The normalized spacial score (nSPS) is 14.7. The van der Waals surface area contributed by atoms with Crippen molar-refractivity contribution in [1.82, 2.24) is 5.32 Å². The van der Waals surface area contributed by atoms with Crippen molar-refractivity contribution >= 4 is 13.7 Å². The Morgan fingerprint density at radius 2 is 1.11 bits per heavy atom. The fraction of sp³-hybridized carbons (Fsp3) is 0.848. The third-order valence-electron chi connectivity index (χ3n) is 10.1. The van der Waals surface area contributed by atoms with Crippen LogP contribution < -0.4 is 10.2 Å². The van der Waals surface area contributed by atoms with E-state index in [2.05, 4.69) is 55.6 Å². The van der Waals surface area contributed by atoms with Crippen LogP contribution in [0.1, 0.15) is 200 Å². The van der Waals surface area contributed by atoms with Crippen molar-refractivity contribution in [3.63, 3.8) is 0 Å². The van der Waals surface area contributed by atoms with E-state index in [1.165, 1.54) is 109 Å². The van der Waals surface area contributed by atoms with Gasteiger partial charge in [0, 0.05) is 6.42 Å². The van der Waals surface area contributed by atoms with Gasteiger partial charge < -0.3 is 28.8 Å². The van der Waals surface area contributed by atoms with Gasteiger partial charge >= 0.3 is 0 Å². The minimum Gasteiger partial charge on any atom is -0.756 e.